The van der Waals surface area contributed by atoms with Gasteiger partial charge in [-0.3, -0.25) is 4.90 Å². The number of ether oxygens (including phenoxy) is 1. The van der Waals surface area contributed by atoms with Gasteiger partial charge in [0.2, 0.25) is 0 Å². The first-order valence-electron chi connectivity index (χ1n) is 7.33. The van der Waals surface area contributed by atoms with Crippen LogP contribution >= 0.6 is 0 Å². The molecule has 0 amide bonds. The van der Waals surface area contributed by atoms with Gasteiger partial charge in [-0.2, -0.15) is 5.26 Å². The molecule has 0 aromatic heterocycles. The van der Waals surface area contributed by atoms with E-state index in [1.807, 2.05) is 18.2 Å². The Morgan fingerprint density at radius 2 is 2.35 bits per heavy atom. The van der Waals surface area contributed by atoms with Crippen LogP contribution in [0, 0.1) is 17.2 Å². The van der Waals surface area contributed by atoms with Gasteiger partial charge in [-0.1, -0.05) is 0 Å². The molecule has 4 heteroatoms. The Bertz CT molecular complexity index is 509. The molecule has 2 fully saturated rings. The molecule has 2 atom stereocenters. The average molecular weight is 271 g/mol. The number of nitriles is 1. The highest BCUT2D eigenvalue weighted by Crippen LogP contribution is 2.28. The van der Waals surface area contributed by atoms with Gasteiger partial charge in [-0.05, 0) is 43.5 Å². The fraction of sp³-hybridized carbons (Fsp3) is 0.562. The van der Waals surface area contributed by atoms with Crippen LogP contribution in [0.25, 0.3) is 0 Å². The molecule has 0 radical (unpaired) electrons. The van der Waals surface area contributed by atoms with Crippen molar-refractivity contribution in [2.24, 2.45) is 5.92 Å². The minimum atomic E-state index is 0.647. The monoisotopic (exact) mass is 271 g/mol. The summed E-state index contributed by atoms with van der Waals surface area (Å²) in [6.07, 6.45) is 2.63. The Balaban J connectivity index is 1.73. The van der Waals surface area contributed by atoms with Crippen LogP contribution < -0.4 is 10.1 Å². The molecular weight excluding hydrogens is 250 g/mol. The summed E-state index contributed by atoms with van der Waals surface area (Å²) >= 11 is 0. The first kappa shape index (κ1) is 13.4. The Hall–Kier alpha value is -1.57. The van der Waals surface area contributed by atoms with Crippen molar-refractivity contribution in [3.8, 4) is 11.8 Å². The lowest BCUT2D eigenvalue weighted by Gasteiger charge is -2.24. The van der Waals surface area contributed by atoms with Gasteiger partial charge in [0.15, 0.2) is 0 Å². The van der Waals surface area contributed by atoms with Gasteiger partial charge in [0, 0.05) is 31.2 Å². The van der Waals surface area contributed by atoms with Crippen LogP contribution in [0.15, 0.2) is 18.2 Å². The van der Waals surface area contributed by atoms with Crippen LogP contribution in [-0.4, -0.2) is 37.7 Å². The highest BCUT2D eigenvalue weighted by molar-refractivity contribution is 5.42. The Morgan fingerprint density at radius 3 is 3.10 bits per heavy atom. The molecule has 0 spiro atoms. The van der Waals surface area contributed by atoms with Crippen molar-refractivity contribution in [1.82, 2.24) is 10.2 Å². The van der Waals surface area contributed by atoms with E-state index < -0.39 is 0 Å². The third-order valence-electron chi connectivity index (χ3n) is 4.48. The molecule has 0 aliphatic carbocycles. The highest BCUT2D eigenvalue weighted by Gasteiger charge is 2.34. The van der Waals surface area contributed by atoms with E-state index in [9.17, 15) is 0 Å². The molecule has 1 N–H and O–H groups in total. The molecule has 2 aliphatic heterocycles. The summed E-state index contributed by atoms with van der Waals surface area (Å²) in [5.41, 5.74) is 1.82. The molecule has 2 heterocycles. The van der Waals surface area contributed by atoms with Crippen molar-refractivity contribution in [2.75, 3.05) is 26.7 Å². The van der Waals surface area contributed by atoms with E-state index in [2.05, 4.69) is 16.3 Å². The lowest BCUT2D eigenvalue weighted by molar-refractivity contribution is 0.305. The van der Waals surface area contributed by atoms with Crippen molar-refractivity contribution in [2.45, 2.75) is 25.4 Å². The van der Waals surface area contributed by atoms with Gasteiger partial charge in [0.25, 0.3) is 0 Å². The van der Waals surface area contributed by atoms with Crippen LogP contribution in [0.1, 0.15) is 24.0 Å². The van der Waals surface area contributed by atoms with Crippen LogP contribution in [0.4, 0.5) is 0 Å². The van der Waals surface area contributed by atoms with Gasteiger partial charge >= 0.3 is 0 Å². The number of piperidine rings is 1. The normalized spacial score (nSPS) is 26.0. The number of fused-ring (bicyclic) bond motifs is 1. The summed E-state index contributed by atoms with van der Waals surface area (Å²) in [6.45, 7) is 4.28. The third kappa shape index (κ3) is 2.65. The maximum atomic E-state index is 9.04. The number of rotatable bonds is 3. The van der Waals surface area contributed by atoms with Gasteiger partial charge in [-0.15, -0.1) is 0 Å². The molecule has 0 unspecified atom stereocenters. The van der Waals surface area contributed by atoms with E-state index in [-0.39, 0.29) is 0 Å². The van der Waals surface area contributed by atoms with Crippen molar-refractivity contribution in [3.05, 3.63) is 29.3 Å². The summed E-state index contributed by atoms with van der Waals surface area (Å²) in [5, 5.41) is 12.7. The first-order valence-corrected chi connectivity index (χ1v) is 7.33. The van der Waals surface area contributed by atoms with Crippen molar-refractivity contribution >= 4 is 0 Å². The summed E-state index contributed by atoms with van der Waals surface area (Å²) in [5.74, 6) is 1.67. The van der Waals surface area contributed by atoms with Gasteiger partial charge in [-0.25, -0.2) is 0 Å². The second-order valence-electron chi connectivity index (χ2n) is 5.80. The number of hydrogen-bond acceptors (Lipinski definition) is 4. The van der Waals surface area contributed by atoms with E-state index in [1.165, 1.54) is 12.8 Å². The number of likely N-dealkylation sites (tertiary alicyclic amines) is 1. The second kappa shape index (κ2) is 5.82. The largest absolute Gasteiger partial charge is 0.496 e. The molecule has 4 nitrogen and oxygen atoms in total. The molecule has 20 heavy (non-hydrogen) atoms. The minimum absolute atomic E-state index is 0.647. The van der Waals surface area contributed by atoms with Crippen molar-refractivity contribution < 1.29 is 4.74 Å². The van der Waals surface area contributed by atoms with Crippen molar-refractivity contribution in [3.63, 3.8) is 0 Å². The molecular formula is C16H21N3O. The van der Waals surface area contributed by atoms with Crippen molar-refractivity contribution in [1.29, 1.82) is 5.26 Å². The van der Waals surface area contributed by atoms with E-state index in [0.717, 1.165) is 43.4 Å². The molecule has 3 rings (SSSR count). The van der Waals surface area contributed by atoms with E-state index in [1.54, 1.807) is 7.11 Å². The number of benzene rings is 1. The Kier molecular flexibility index (Phi) is 3.90. The van der Waals surface area contributed by atoms with Gasteiger partial charge in [0.1, 0.15) is 5.75 Å². The highest BCUT2D eigenvalue weighted by atomic mass is 16.5. The molecule has 106 valence electrons. The van der Waals surface area contributed by atoms with Gasteiger partial charge in [0.05, 0.1) is 18.7 Å². The predicted molar refractivity (Wildman–Crippen MR) is 77.5 cm³/mol. The van der Waals surface area contributed by atoms with Crippen LogP contribution in [0.3, 0.4) is 0 Å². The predicted octanol–water partition coefficient (Wildman–Crippen LogP) is 1.75. The quantitative estimate of drug-likeness (QED) is 0.910. The lowest BCUT2D eigenvalue weighted by atomic mass is 9.94. The molecule has 0 bridgehead atoms. The SMILES string of the molecule is COc1ccc(C#N)cc1CN1C[C@@H]2CCCN[C@@H]2C1. The maximum Gasteiger partial charge on any atom is 0.123 e. The zero-order valence-corrected chi connectivity index (χ0v) is 11.9. The van der Waals surface area contributed by atoms with Crippen LogP contribution in [-0.2, 0) is 6.54 Å². The number of nitrogens with zero attached hydrogens (tertiary/aromatic N) is 2. The topological polar surface area (TPSA) is 48.3 Å². The van der Waals surface area contributed by atoms with Crippen LogP contribution in [0.2, 0.25) is 0 Å². The fourth-order valence-corrected chi connectivity index (χ4v) is 3.48. The molecule has 1 aromatic carbocycles. The summed E-state index contributed by atoms with van der Waals surface area (Å²) in [4.78, 5) is 2.48. The minimum Gasteiger partial charge on any atom is -0.496 e. The standard InChI is InChI=1S/C16H21N3O/c1-20-16-5-4-12(8-17)7-14(16)10-19-9-13-3-2-6-18-15(13)11-19/h4-5,7,13,15,18H,2-3,6,9-11H2,1H3/t13-,15+/m0/s1. The average Bonchev–Trinajstić information content (AvgIpc) is 2.89. The third-order valence-corrected chi connectivity index (χ3v) is 4.48. The molecule has 0 saturated carbocycles. The van der Waals surface area contributed by atoms with E-state index in [0.29, 0.717) is 11.6 Å². The summed E-state index contributed by atoms with van der Waals surface area (Å²) in [6, 6.07) is 8.52. The van der Waals surface area contributed by atoms with Gasteiger partial charge < -0.3 is 10.1 Å². The second-order valence-corrected chi connectivity index (χ2v) is 5.80. The fourth-order valence-electron chi connectivity index (χ4n) is 3.48. The first-order chi connectivity index (χ1) is 9.80. The lowest BCUT2D eigenvalue weighted by Crippen LogP contribution is -2.40. The Morgan fingerprint density at radius 1 is 1.45 bits per heavy atom. The maximum absolute atomic E-state index is 9.04. The molecule has 1 aromatic rings. The molecule has 2 aliphatic rings. The number of methoxy groups -OCH3 is 1. The number of nitrogens with one attached hydrogen (secondary N) is 1. The zero-order valence-electron chi connectivity index (χ0n) is 11.9. The smallest absolute Gasteiger partial charge is 0.123 e. The van der Waals surface area contributed by atoms with E-state index >= 15 is 0 Å². The summed E-state index contributed by atoms with van der Waals surface area (Å²) in [7, 11) is 1.69. The molecule has 2 saturated heterocycles. The zero-order chi connectivity index (χ0) is 13.9. The summed E-state index contributed by atoms with van der Waals surface area (Å²) < 4.78 is 5.42. The number of hydrogen-bond donors (Lipinski definition) is 1. The van der Waals surface area contributed by atoms with E-state index in [4.69, 9.17) is 10.00 Å². The van der Waals surface area contributed by atoms with Crippen LogP contribution in [0.5, 0.6) is 5.75 Å². The Labute approximate surface area is 120 Å².